The highest BCUT2D eigenvalue weighted by molar-refractivity contribution is 5.91. The number of nitrogens with zero attached hydrogens (tertiary/aromatic N) is 1. The van der Waals surface area contributed by atoms with Gasteiger partial charge in [0.05, 0.1) is 12.0 Å². The minimum absolute atomic E-state index is 0.0564. The van der Waals surface area contributed by atoms with E-state index in [4.69, 9.17) is 0 Å². The first-order chi connectivity index (χ1) is 11.5. The zero-order valence-electron chi connectivity index (χ0n) is 13.4. The average molecular weight is 325 g/mol. The third kappa shape index (κ3) is 2.42. The smallest absolute Gasteiger partial charge is 0.233 e. The van der Waals surface area contributed by atoms with Crippen LogP contribution in [0.25, 0.3) is 0 Å². The molecule has 0 aromatic heterocycles. The Morgan fingerprint density at radius 1 is 0.958 bits per heavy atom. The van der Waals surface area contributed by atoms with E-state index >= 15 is 0 Å². The molecule has 2 aliphatic rings. The molecule has 2 aromatic rings. The van der Waals surface area contributed by atoms with Crippen molar-refractivity contribution < 1.29 is 14.3 Å². The number of aliphatic hydroxyl groups is 1. The topological polar surface area (TPSA) is 40.5 Å². The van der Waals surface area contributed by atoms with E-state index in [1.807, 2.05) is 30.3 Å². The third-order valence-corrected chi connectivity index (χ3v) is 5.40. The Kier molecular flexibility index (Phi) is 3.46. The maximum absolute atomic E-state index is 13.2. The summed E-state index contributed by atoms with van der Waals surface area (Å²) in [5.41, 5.74) is 0.238. The molecule has 1 N–H and O–H groups in total. The second-order valence-electron chi connectivity index (χ2n) is 6.96. The van der Waals surface area contributed by atoms with Gasteiger partial charge in [-0.15, -0.1) is 0 Å². The van der Waals surface area contributed by atoms with Gasteiger partial charge in [0.1, 0.15) is 11.4 Å². The molecule has 1 saturated heterocycles. The minimum atomic E-state index is -0.976. The van der Waals surface area contributed by atoms with Crippen LogP contribution in [0.1, 0.15) is 30.4 Å². The van der Waals surface area contributed by atoms with Gasteiger partial charge in [0.25, 0.3) is 0 Å². The number of hydrogen-bond donors (Lipinski definition) is 1. The van der Waals surface area contributed by atoms with E-state index in [-0.39, 0.29) is 11.7 Å². The molecule has 1 aliphatic carbocycles. The molecule has 24 heavy (non-hydrogen) atoms. The summed E-state index contributed by atoms with van der Waals surface area (Å²) in [6, 6.07) is 15.8. The number of hydrogen-bond acceptors (Lipinski definition) is 2. The highest BCUT2D eigenvalue weighted by Gasteiger charge is 2.55. The molecule has 2 fully saturated rings. The van der Waals surface area contributed by atoms with Gasteiger partial charge in [-0.25, -0.2) is 4.39 Å². The lowest BCUT2D eigenvalue weighted by Crippen LogP contribution is -2.40. The van der Waals surface area contributed by atoms with Crippen LogP contribution in [0.3, 0.4) is 0 Å². The van der Waals surface area contributed by atoms with Gasteiger partial charge in [-0.05, 0) is 42.5 Å². The van der Waals surface area contributed by atoms with Crippen LogP contribution in [0, 0.1) is 5.82 Å². The van der Waals surface area contributed by atoms with Crippen LogP contribution in [0.2, 0.25) is 0 Å². The quantitative estimate of drug-likeness (QED) is 0.942. The summed E-state index contributed by atoms with van der Waals surface area (Å²) in [6.07, 6.45) is 2.12. The second-order valence-corrected chi connectivity index (χ2v) is 6.96. The lowest BCUT2D eigenvalue weighted by atomic mass is 9.92. The lowest BCUT2D eigenvalue weighted by Gasteiger charge is -2.26. The molecule has 1 saturated carbocycles. The van der Waals surface area contributed by atoms with Crippen LogP contribution in [0.4, 0.5) is 4.39 Å². The van der Waals surface area contributed by atoms with Crippen LogP contribution in [-0.4, -0.2) is 29.0 Å². The molecule has 4 heteroatoms. The molecule has 1 amide bonds. The zero-order chi connectivity index (χ0) is 16.8. The van der Waals surface area contributed by atoms with E-state index in [9.17, 15) is 14.3 Å². The predicted molar refractivity (Wildman–Crippen MR) is 88.8 cm³/mol. The minimum Gasteiger partial charge on any atom is -0.383 e. The van der Waals surface area contributed by atoms with Crippen LogP contribution >= 0.6 is 0 Å². The molecular formula is C20H20FNO2. The number of halogens is 1. The number of amides is 1. The number of β-amino-alcohol motifs (C(OH)–C–C–N with tert-alkyl or cyclic N) is 1. The van der Waals surface area contributed by atoms with Crippen molar-refractivity contribution in [1.82, 2.24) is 4.90 Å². The second kappa shape index (κ2) is 5.42. The van der Waals surface area contributed by atoms with Gasteiger partial charge in [-0.2, -0.15) is 0 Å². The molecule has 4 rings (SSSR count). The highest BCUT2D eigenvalue weighted by Crippen LogP contribution is 2.50. The summed E-state index contributed by atoms with van der Waals surface area (Å²) in [6.45, 7) is 0.867. The fourth-order valence-corrected chi connectivity index (χ4v) is 3.77. The first kappa shape index (κ1) is 15.3. The molecule has 1 aliphatic heterocycles. The van der Waals surface area contributed by atoms with Crippen LogP contribution in [0.5, 0.6) is 0 Å². The fourth-order valence-electron chi connectivity index (χ4n) is 3.77. The predicted octanol–water partition coefficient (Wildman–Crippen LogP) is 2.98. The maximum Gasteiger partial charge on any atom is 0.233 e. The van der Waals surface area contributed by atoms with Crippen molar-refractivity contribution in [3.63, 3.8) is 0 Å². The maximum atomic E-state index is 13.2. The number of carbonyl (C=O) groups is 1. The van der Waals surface area contributed by atoms with E-state index in [1.165, 1.54) is 12.1 Å². The molecule has 3 nitrogen and oxygen atoms in total. The van der Waals surface area contributed by atoms with Crippen molar-refractivity contribution in [3.05, 3.63) is 71.5 Å². The zero-order valence-corrected chi connectivity index (χ0v) is 13.4. The number of likely N-dealkylation sites (tertiary alicyclic amines) is 1. The van der Waals surface area contributed by atoms with E-state index < -0.39 is 11.0 Å². The molecule has 1 atom stereocenters. The van der Waals surface area contributed by atoms with Crippen molar-refractivity contribution in [2.24, 2.45) is 0 Å². The van der Waals surface area contributed by atoms with Crippen LogP contribution in [0.15, 0.2) is 54.6 Å². The molecule has 2 aromatic carbocycles. The standard InChI is InChI=1S/C20H20FNO2/c21-17-8-6-15(7-9-17)19(10-11-19)18(23)22-13-12-20(24,14-22)16-4-2-1-3-5-16/h1-9,24H,10-14H2/t20-/m0/s1. The Hall–Kier alpha value is -2.20. The van der Waals surface area contributed by atoms with E-state index in [2.05, 4.69) is 0 Å². The van der Waals surface area contributed by atoms with Crippen molar-refractivity contribution >= 4 is 5.91 Å². The highest BCUT2D eigenvalue weighted by atomic mass is 19.1. The van der Waals surface area contributed by atoms with Gasteiger partial charge in [0.15, 0.2) is 0 Å². The number of carbonyl (C=O) groups excluding carboxylic acids is 1. The Morgan fingerprint density at radius 3 is 2.25 bits per heavy atom. The summed E-state index contributed by atoms with van der Waals surface area (Å²) < 4.78 is 13.2. The summed E-state index contributed by atoms with van der Waals surface area (Å²) in [5.74, 6) is -0.234. The summed E-state index contributed by atoms with van der Waals surface area (Å²) in [4.78, 5) is 14.8. The summed E-state index contributed by atoms with van der Waals surface area (Å²) in [7, 11) is 0. The Labute approximate surface area is 140 Å². The van der Waals surface area contributed by atoms with E-state index in [1.54, 1.807) is 17.0 Å². The van der Waals surface area contributed by atoms with Crippen LogP contribution < -0.4 is 0 Å². The normalized spacial score (nSPS) is 24.8. The fraction of sp³-hybridized carbons (Fsp3) is 0.350. The Balaban J connectivity index is 1.55. The lowest BCUT2D eigenvalue weighted by molar-refractivity contribution is -0.134. The molecular weight excluding hydrogens is 305 g/mol. The van der Waals surface area contributed by atoms with Gasteiger partial charge >= 0.3 is 0 Å². The monoisotopic (exact) mass is 325 g/mol. The Morgan fingerprint density at radius 2 is 1.62 bits per heavy atom. The largest absolute Gasteiger partial charge is 0.383 e. The number of rotatable bonds is 3. The molecule has 124 valence electrons. The van der Waals surface area contributed by atoms with Gasteiger partial charge in [0, 0.05) is 6.54 Å². The van der Waals surface area contributed by atoms with Gasteiger partial charge in [-0.1, -0.05) is 42.5 Å². The number of benzene rings is 2. The van der Waals surface area contributed by atoms with Gasteiger partial charge in [-0.3, -0.25) is 4.79 Å². The SMILES string of the molecule is O=C(N1CC[C@@](O)(c2ccccc2)C1)C1(c2ccc(F)cc2)CC1. The van der Waals surface area contributed by atoms with Crippen molar-refractivity contribution in [1.29, 1.82) is 0 Å². The van der Waals surface area contributed by atoms with Crippen molar-refractivity contribution in [2.75, 3.05) is 13.1 Å². The van der Waals surface area contributed by atoms with E-state index in [0.717, 1.165) is 24.0 Å². The third-order valence-electron chi connectivity index (χ3n) is 5.40. The molecule has 0 unspecified atom stereocenters. The Bertz CT molecular complexity index is 755. The first-order valence-corrected chi connectivity index (χ1v) is 8.37. The summed E-state index contributed by atoms with van der Waals surface area (Å²) >= 11 is 0. The average Bonchev–Trinajstić information content (AvgIpc) is 3.32. The molecule has 1 heterocycles. The molecule has 0 bridgehead atoms. The van der Waals surface area contributed by atoms with Crippen LogP contribution in [-0.2, 0) is 15.8 Å². The molecule has 0 spiro atoms. The van der Waals surface area contributed by atoms with E-state index in [0.29, 0.717) is 19.5 Å². The molecule has 0 radical (unpaired) electrons. The first-order valence-electron chi connectivity index (χ1n) is 8.37. The van der Waals surface area contributed by atoms with Crippen molar-refractivity contribution in [3.8, 4) is 0 Å². The van der Waals surface area contributed by atoms with Gasteiger partial charge < -0.3 is 10.0 Å². The van der Waals surface area contributed by atoms with Crippen molar-refractivity contribution in [2.45, 2.75) is 30.3 Å². The summed E-state index contributed by atoms with van der Waals surface area (Å²) in [5, 5.41) is 10.9. The van der Waals surface area contributed by atoms with Gasteiger partial charge in [0.2, 0.25) is 5.91 Å².